The van der Waals surface area contributed by atoms with Crippen molar-refractivity contribution in [1.29, 1.82) is 0 Å². The summed E-state index contributed by atoms with van der Waals surface area (Å²) in [6.45, 7) is -0.0487. The Morgan fingerprint density at radius 3 is 2.92 bits per heavy atom. The van der Waals surface area contributed by atoms with Crippen molar-refractivity contribution >= 4 is 27.2 Å². The minimum absolute atomic E-state index is 0.0487. The van der Waals surface area contributed by atoms with Gasteiger partial charge in [0.15, 0.2) is 0 Å². The molecule has 1 rings (SSSR count). The summed E-state index contributed by atoms with van der Waals surface area (Å²) in [6.07, 6.45) is 0. The van der Waals surface area contributed by atoms with Crippen molar-refractivity contribution in [3.05, 3.63) is 24.3 Å². The van der Waals surface area contributed by atoms with Gasteiger partial charge in [-0.2, -0.15) is 0 Å². The molecule has 0 amide bonds. The van der Waals surface area contributed by atoms with E-state index in [4.69, 9.17) is 4.74 Å². The summed E-state index contributed by atoms with van der Waals surface area (Å²) in [6, 6.07) is 7.42. The normalized spacial score (nSPS) is 9.38. The van der Waals surface area contributed by atoms with E-state index in [2.05, 4.69) is 21.6 Å². The van der Waals surface area contributed by atoms with Crippen LogP contribution < -0.4 is 9.09 Å². The van der Waals surface area contributed by atoms with Crippen LogP contribution in [-0.4, -0.2) is 36.5 Å². The summed E-state index contributed by atoms with van der Waals surface area (Å²) in [5.74, 6) is 0.291. The molecule has 1 aromatic carbocycles. The molecule has 0 saturated carbocycles. The Morgan fingerprint density at radius 2 is 2.31 bits per heavy atom. The predicted octanol–water partition coefficient (Wildman–Crippen LogP) is 0.0322. The van der Waals surface area contributed by atoms with Gasteiger partial charge in [-0.25, -0.2) is 0 Å². The Kier molecular flexibility index (Phi) is 3.84. The molecular formula is C9H9AsO3. The fourth-order valence-electron chi connectivity index (χ4n) is 0.774. The molecule has 13 heavy (non-hydrogen) atoms. The Morgan fingerprint density at radius 1 is 1.54 bits per heavy atom. The van der Waals surface area contributed by atoms with E-state index in [1.807, 2.05) is 18.2 Å². The van der Waals surface area contributed by atoms with Gasteiger partial charge in [0.1, 0.15) is 0 Å². The molecule has 0 spiro atoms. The monoisotopic (exact) mass is 240 g/mol. The molecule has 1 aromatic rings. The van der Waals surface area contributed by atoms with Crippen LogP contribution in [0.25, 0.3) is 0 Å². The van der Waals surface area contributed by atoms with Gasteiger partial charge in [0.25, 0.3) is 0 Å². The third-order valence-electron chi connectivity index (χ3n) is 1.40. The number of carbonyl (C=O) groups is 1. The Bertz CT molecular complexity index is 299. The zero-order valence-electron chi connectivity index (χ0n) is 7.19. The van der Waals surface area contributed by atoms with Gasteiger partial charge in [0.2, 0.25) is 0 Å². The minimum atomic E-state index is -0.379. The van der Waals surface area contributed by atoms with E-state index in [1.165, 1.54) is 7.11 Å². The molecular weight excluding hydrogens is 231 g/mol. The first-order valence-electron chi connectivity index (χ1n) is 3.71. The van der Waals surface area contributed by atoms with Gasteiger partial charge in [0.05, 0.1) is 0 Å². The molecule has 2 radical (unpaired) electrons. The molecule has 0 aliphatic rings. The van der Waals surface area contributed by atoms with Crippen LogP contribution in [0.3, 0.4) is 0 Å². The Balaban J connectivity index is 2.50. The van der Waals surface area contributed by atoms with Crippen molar-refractivity contribution in [3.8, 4) is 5.75 Å². The number of carbonyl (C=O) groups excluding carboxylic acids is 1. The average Bonchev–Trinajstić information content (AvgIpc) is 2.14. The van der Waals surface area contributed by atoms with Crippen LogP contribution in [-0.2, 0) is 9.53 Å². The van der Waals surface area contributed by atoms with E-state index >= 15 is 0 Å². The fourth-order valence-corrected chi connectivity index (χ4v) is 1.22. The first-order valence-corrected chi connectivity index (χ1v) is 4.65. The molecule has 0 saturated heterocycles. The van der Waals surface area contributed by atoms with Gasteiger partial charge in [-0.15, -0.1) is 0 Å². The first kappa shape index (κ1) is 10.1. The zero-order chi connectivity index (χ0) is 9.68. The van der Waals surface area contributed by atoms with Crippen LogP contribution in [0, 0.1) is 0 Å². The molecule has 3 nitrogen and oxygen atoms in total. The van der Waals surface area contributed by atoms with E-state index in [1.54, 1.807) is 6.07 Å². The van der Waals surface area contributed by atoms with Crippen molar-refractivity contribution in [2.75, 3.05) is 13.7 Å². The van der Waals surface area contributed by atoms with Crippen molar-refractivity contribution in [3.63, 3.8) is 0 Å². The van der Waals surface area contributed by atoms with Crippen LogP contribution in [0.1, 0.15) is 0 Å². The maximum atomic E-state index is 10.7. The van der Waals surface area contributed by atoms with Gasteiger partial charge in [-0.3, -0.25) is 0 Å². The zero-order valence-corrected chi connectivity index (χ0v) is 9.07. The van der Waals surface area contributed by atoms with Crippen LogP contribution in [0.5, 0.6) is 5.75 Å². The van der Waals surface area contributed by atoms with E-state index in [0.29, 0.717) is 5.75 Å². The number of methoxy groups -OCH3 is 1. The molecule has 0 aliphatic heterocycles. The SMILES string of the molecule is COC(=O)COc1cccc([As])c1. The van der Waals surface area contributed by atoms with E-state index in [0.717, 1.165) is 4.35 Å². The van der Waals surface area contributed by atoms with E-state index < -0.39 is 0 Å². The average molecular weight is 240 g/mol. The second-order valence-electron chi connectivity index (χ2n) is 2.36. The van der Waals surface area contributed by atoms with Gasteiger partial charge in [0, 0.05) is 0 Å². The third kappa shape index (κ3) is 3.51. The Hall–Kier alpha value is -0.952. The summed E-state index contributed by atoms with van der Waals surface area (Å²) in [5.41, 5.74) is 0. The standard InChI is InChI=1S/C9H9AsO3/c1-12-9(11)6-13-8-4-2-3-7(10)5-8/h2-5H,6H2,1H3. The summed E-state index contributed by atoms with van der Waals surface area (Å²) >= 11 is 2.41. The van der Waals surface area contributed by atoms with Crippen molar-refractivity contribution in [2.24, 2.45) is 0 Å². The van der Waals surface area contributed by atoms with Gasteiger partial charge >= 0.3 is 85.2 Å². The number of hydrogen-bond donors (Lipinski definition) is 0. The predicted molar refractivity (Wildman–Crippen MR) is 49.3 cm³/mol. The van der Waals surface area contributed by atoms with Gasteiger partial charge in [-0.1, -0.05) is 0 Å². The maximum absolute atomic E-state index is 10.7. The first-order chi connectivity index (χ1) is 6.22. The number of ether oxygens (including phenoxy) is 2. The quantitative estimate of drug-likeness (QED) is 0.552. The van der Waals surface area contributed by atoms with E-state index in [-0.39, 0.29) is 12.6 Å². The fraction of sp³-hybridized carbons (Fsp3) is 0.222. The van der Waals surface area contributed by atoms with Gasteiger partial charge in [-0.05, 0) is 0 Å². The summed E-state index contributed by atoms with van der Waals surface area (Å²) in [5, 5.41) is 0. The van der Waals surface area contributed by atoms with Crippen LogP contribution in [0.2, 0.25) is 0 Å². The molecule has 0 unspecified atom stereocenters. The number of hydrogen-bond acceptors (Lipinski definition) is 3. The van der Waals surface area contributed by atoms with Crippen molar-refractivity contribution in [2.45, 2.75) is 0 Å². The molecule has 4 heteroatoms. The summed E-state index contributed by atoms with van der Waals surface area (Å²) in [7, 11) is 1.33. The molecule has 0 N–H and O–H groups in total. The second kappa shape index (κ2) is 4.93. The molecule has 68 valence electrons. The molecule has 0 heterocycles. The number of benzene rings is 1. The molecule has 0 fully saturated rings. The molecule has 0 aliphatic carbocycles. The van der Waals surface area contributed by atoms with Crippen LogP contribution in [0.15, 0.2) is 24.3 Å². The van der Waals surface area contributed by atoms with Crippen molar-refractivity contribution < 1.29 is 14.3 Å². The van der Waals surface area contributed by atoms with Crippen molar-refractivity contribution in [1.82, 2.24) is 0 Å². The summed E-state index contributed by atoms with van der Waals surface area (Å²) < 4.78 is 10.6. The van der Waals surface area contributed by atoms with Crippen LogP contribution >= 0.6 is 0 Å². The van der Waals surface area contributed by atoms with E-state index in [9.17, 15) is 4.79 Å². The van der Waals surface area contributed by atoms with Crippen LogP contribution in [0.4, 0.5) is 0 Å². The third-order valence-corrected chi connectivity index (χ3v) is 1.99. The number of esters is 1. The second-order valence-corrected chi connectivity index (χ2v) is 3.45. The Labute approximate surface area is 85.5 Å². The number of rotatable bonds is 3. The molecule has 0 bridgehead atoms. The van der Waals surface area contributed by atoms with Gasteiger partial charge < -0.3 is 0 Å². The summed E-state index contributed by atoms with van der Waals surface area (Å²) in [4.78, 5) is 10.7. The topological polar surface area (TPSA) is 35.5 Å². The molecule has 0 aromatic heterocycles. The molecule has 0 atom stereocenters.